The molecule has 3 saturated heterocycles. The zero-order valence-electron chi connectivity index (χ0n) is 70.0. The fourth-order valence-electron chi connectivity index (χ4n) is 14.4. The smallest absolute Gasteiger partial charge is 0.412 e. The molecule has 1 saturated carbocycles. The molecule has 634 valence electrons. The number of hydrogen-bond donors (Lipinski definition) is 6. The predicted molar refractivity (Wildman–Crippen MR) is 489 cm³/mol. The van der Waals surface area contributed by atoms with Crippen molar-refractivity contribution in [3.05, 3.63) is 252 Å². The van der Waals surface area contributed by atoms with Crippen molar-refractivity contribution in [1.29, 1.82) is 0 Å². The number of ether oxygens (including phenoxy) is 3. The molecule has 4 aliphatic rings. The number of nitrogens with two attached hydrogens (primary N) is 2. The van der Waals surface area contributed by atoms with Crippen molar-refractivity contribution in [2.24, 2.45) is 0 Å². The van der Waals surface area contributed by atoms with E-state index >= 15 is 0 Å². The van der Waals surface area contributed by atoms with Crippen LogP contribution in [0.2, 0.25) is 0 Å². The Kier molecular flexibility index (Phi) is 36.6. The molecule has 0 unspecified atom stereocenters. The first kappa shape index (κ1) is 95.6. The van der Waals surface area contributed by atoms with Crippen molar-refractivity contribution in [2.45, 2.75) is 200 Å². The molecule has 9 aromatic carbocycles. The predicted octanol–water partition coefficient (Wildman–Crippen LogP) is 23.7. The van der Waals surface area contributed by atoms with Gasteiger partial charge in [0.05, 0.1) is 34.1 Å². The highest BCUT2D eigenvalue weighted by Gasteiger charge is 2.45. The van der Waals surface area contributed by atoms with E-state index in [1.807, 2.05) is 211 Å². The number of nitrogen functional groups attached to an aromatic ring is 2. The largest absolute Gasteiger partial charge is 0.444 e. The molecule has 119 heavy (non-hydrogen) atoms. The van der Waals surface area contributed by atoms with Crippen LogP contribution in [0, 0.1) is 0 Å². The highest BCUT2D eigenvalue weighted by molar-refractivity contribution is 6.67. The van der Waals surface area contributed by atoms with Crippen molar-refractivity contribution in [3.8, 4) is 33.4 Å². The third kappa shape index (κ3) is 30.0. The second-order valence-electron chi connectivity index (χ2n) is 32.7. The van der Waals surface area contributed by atoms with Gasteiger partial charge in [-0.1, -0.05) is 172 Å². The molecule has 19 nitrogen and oxygen atoms in total. The molecule has 0 bridgehead atoms. The molecule has 0 radical (unpaired) electrons. The topological polar surface area (TPSA) is 257 Å². The highest BCUT2D eigenvalue weighted by Crippen LogP contribution is 2.43. The van der Waals surface area contributed by atoms with Crippen molar-refractivity contribution < 1.29 is 47.8 Å². The number of nitrogens with zero attached hydrogens (tertiary/aromatic N) is 3. The molecule has 4 fully saturated rings. The highest BCUT2D eigenvalue weighted by atomic mass is 35.5. The number of piperidine rings is 1. The number of anilines is 6. The summed E-state index contributed by atoms with van der Waals surface area (Å²) in [5.41, 5.74) is 25.4. The molecule has 9 aromatic rings. The summed E-state index contributed by atoms with van der Waals surface area (Å²) < 4.78 is 16.2. The van der Waals surface area contributed by atoms with Crippen LogP contribution in [-0.2, 0) is 37.3 Å². The van der Waals surface area contributed by atoms with Gasteiger partial charge in [-0.2, -0.15) is 0 Å². The van der Waals surface area contributed by atoms with Gasteiger partial charge in [-0.15, -0.1) is 23.2 Å². The van der Waals surface area contributed by atoms with Crippen molar-refractivity contribution >= 4 is 111 Å². The number of rotatable bonds is 15. The lowest BCUT2D eigenvalue weighted by molar-refractivity contribution is -0.106. The number of hydrogen-bond acceptors (Lipinski definition) is 14. The van der Waals surface area contributed by atoms with Crippen LogP contribution in [-0.4, -0.2) is 112 Å². The number of amides is 5. The maximum Gasteiger partial charge on any atom is 0.412 e. The number of nitrogens with one attached hydrogen (secondary N) is 4. The van der Waals surface area contributed by atoms with Crippen LogP contribution in [0.1, 0.15) is 202 Å². The molecule has 3 aliphatic heterocycles. The Labute approximate surface area is 719 Å². The zero-order chi connectivity index (χ0) is 85.6. The van der Waals surface area contributed by atoms with Crippen LogP contribution in [0.5, 0.6) is 0 Å². The molecular formula is C97H120Cl3N9O10. The molecule has 3 heterocycles. The number of likely N-dealkylation sites (tertiary alicyclic amines) is 2. The van der Waals surface area contributed by atoms with Crippen molar-refractivity contribution in [1.82, 2.24) is 15.1 Å². The average molecular weight is 1680 g/mol. The van der Waals surface area contributed by atoms with Crippen molar-refractivity contribution in [2.75, 3.05) is 65.0 Å². The maximum absolute atomic E-state index is 13.4. The van der Waals surface area contributed by atoms with E-state index in [1.165, 1.54) is 83.2 Å². The van der Waals surface area contributed by atoms with Gasteiger partial charge in [-0.05, 0) is 269 Å². The SMILES string of the molecule is C.CC(C)(C)OC(=O)N1CCCC12CCCCC2.CC(C)(C)OC(=O)Nc1ccc(-c2ccccc2)cc1N.CC=O.CCN(C(=O)c1ccc(CCl)cc1)c1cc(-c2ccccc2)ccc1NC(=O)OC(C)(C)C.Nc1ccc(-c2ccccc2)cc1NC(=O)c1ccc(CN2CCC3(CCCN3)CC2)cc1.O=C(Cl)c1ccc(CCl)cc1. The van der Waals surface area contributed by atoms with Crippen molar-refractivity contribution in [3.63, 3.8) is 0 Å². The van der Waals surface area contributed by atoms with Gasteiger partial charge in [-0.3, -0.25) is 29.9 Å². The molecule has 0 aromatic heterocycles. The molecule has 1 aliphatic carbocycles. The molecule has 2 spiro atoms. The second kappa shape index (κ2) is 45.6. The summed E-state index contributed by atoms with van der Waals surface area (Å²) in [5.74, 6) is 0.521. The van der Waals surface area contributed by atoms with Crippen LogP contribution < -0.4 is 37.6 Å². The fraction of sp³-hybridized carbons (Fsp3) is 0.371. The maximum atomic E-state index is 13.4. The Morgan fingerprint density at radius 2 is 0.924 bits per heavy atom. The van der Waals surface area contributed by atoms with E-state index in [1.54, 1.807) is 74.2 Å². The van der Waals surface area contributed by atoms with Crippen LogP contribution >= 0.6 is 34.8 Å². The summed E-state index contributed by atoms with van der Waals surface area (Å²) in [4.78, 5) is 88.4. The van der Waals surface area contributed by atoms with E-state index in [9.17, 15) is 28.8 Å². The number of aldehydes is 1. The van der Waals surface area contributed by atoms with Gasteiger partial charge in [0.2, 0.25) is 0 Å². The van der Waals surface area contributed by atoms with Crippen LogP contribution in [0.3, 0.4) is 0 Å². The normalized spacial score (nSPS) is 14.4. The van der Waals surface area contributed by atoms with E-state index in [4.69, 9.17) is 65.3 Å². The van der Waals surface area contributed by atoms with E-state index < -0.39 is 28.6 Å². The minimum absolute atomic E-state index is 0. The number of alkyl halides is 2. The van der Waals surface area contributed by atoms with Gasteiger partial charge in [-0.25, -0.2) is 14.4 Å². The molecule has 8 N–H and O–H groups in total. The Bertz CT molecular complexity index is 4730. The molecule has 0 atom stereocenters. The molecule has 5 amide bonds. The van der Waals surface area contributed by atoms with E-state index in [-0.39, 0.29) is 36.5 Å². The fourth-order valence-corrected chi connectivity index (χ4v) is 14.9. The van der Waals surface area contributed by atoms with Gasteiger partial charge in [0.25, 0.3) is 17.1 Å². The van der Waals surface area contributed by atoms with Crippen LogP contribution in [0.4, 0.5) is 48.5 Å². The Hall–Kier alpha value is -10.5. The lowest BCUT2D eigenvalue weighted by Gasteiger charge is -2.41. The second-order valence-corrected chi connectivity index (χ2v) is 33.5. The number of benzene rings is 9. The Morgan fingerprint density at radius 3 is 1.39 bits per heavy atom. The van der Waals surface area contributed by atoms with E-state index in [0.717, 1.165) is 83.4 Å². The Morgan fingerprint density at radius 1 is 0.479 bits per heavy atom. The Balaban J connectivity index is 0.000000212. The lowest BCUT2D eigenvalue weighted by Crippen LogP contribution is -2.50. The van der Waals surface area contributed by atoms with Gasteiger partial charge in [0.1, 0.15) is 23.1 Å². The molecule has 22 heteroatoms. The summed E-state index contributed by atoms with van der Waals surface area (Å²) in [6.45, 7) is 25.7. The summed E-state index contributed by atoms with van der Waals surface area (Å²) in [6.07, 6.45) is 13.2. The summed E-state index contributed by atoms with van der Waals surface area (Å²) in [5, 5.41) is 11.7. The average Bonchev–Trinajstić information content (AvgIpc) is 1.69. The number of halogens is 3. The quantitative estimate of drug-likeness (QED) is 0.0183. The first-order valence-electron chi connectivity index (χ1n) is 40.4. The summed E-state index contributed by atoms with van der Waals surface area (Å²) >= 11 is 16.7. The summed E-state index contributed by atoms with van der Waals surface area (Å²) in [6, 6.07) is 68.8. The molecular weight excluding hydrogens is 1560 g/mol. The lowest BCUT2D eigenvalue weighted by atomic mass is 9.80. The minimum Gasteiger partial charge on any atom is -0.444 e. The van der Waals surface area contributed by atoms with Gasteiger partial charge in [0.15, 0.2) is 0 Å². The first-order valence-corrected chi connectivity index (χ1v) is 41.9. The third-order valence-corrected chi connectivity index (χ3v) is 21.1. The number of carbonyl (C=O) groups excluding carboxylic acids is 7. The third-order valence-electron chi connectivity index (χ3n) is 20.2. The zero-order valence-corrected chi connectivity index (χ0v) is 72.3. The molecule has 13 rings (SSSR count). The van der Waals surface area contributed by atoms with Crippen LogP contribution in [0.25, 0.3) is 33.4 Å². The van der Waals surface area contributed by atoms with Crippen LogP contribution in [0.15, 0.2) is 218 Å². The van der Waals surface area contributed by atoms with Gasteiger partial charge in [0, 0.05) is 72.3 Å². The summed E-state index contributed by atoms with van der Waals surface area (Å²) in [7, 11) is 0. The van der Waals surface area contributed by atoms with Gasteiger partial charge >= 0.3 is 18.3 Å². The van der Waals surface area contributed by atoms with Gasteiger partial charge < -0.3 is 50.9 Å². The monoisotopic (exact) mass is 1680 g/mol. The standard InChI is InChI=1S/C28H32N4O.C27H29ClN2O3.C17H20N2O2.C14H25NO2.C8H6Cl2O.C2H4O.CH4/c29-25-12-11-24(22-5-2-1-3-6-22)19-26(25)31-27(33)23-9-7-21(8-10-23)20-32-17-14-28(15-18-32)13-4-16-30-28;1-5-30(25(31)21-13-11-19(18-28)12-14-21)24-17-22(20-9-7-6-8-10-20)15-16-23(24)29-26(32)33-27(2,3)4;1-17(2,3)21-16(20)19-15-10-9-13(11-14(15)18)12-7-5-4-6-8-12;1-13(2,3)17-12(16)15-11-7-10-14(15)8-5-4-6-9-14;9-5-6-1-3-7(4-2-6)8(10)11;1-2-3;/h1-3,5-12,19,30H,4,13-18,20,29H2,(H,31,33);6-17H,5,18H2,1-4H3,(H,29,32);4-11H,18H2,1-3H3,(H,19,20);4-11H2,1-3H3;1-4H,5H2;2H,1H3;1H4. The number of carbonyl (C=O) groups is 7. The van der Waals surface area contributed by atoms with E-state index in [0.29, 0.717) is 74.7 Å². The first-order chi connectivity index (χ1) is 56.2. The minimum atomic E-state index is -0.640. The van der Waals surface area contributed by atoms with E-state index in [2.05, 4.69) is 38.3 Å².